The van der Waals surface area contributed by atoms with Gasteiger partial charge in [0.1, 0.15) is 5.82 Å². The lowest BCUT2D eigenvalue weighted by atomic mass is 9.83. The van der Waals surface area contributed by atoms with Crippen LogP contribution in [0.1, 0.15) is 71.5 Å². The molecule has 3 aromatic rings. The molecule has 1 atom stereocenters. The molecule has 0 radical (unpaired) electrons. The third-order valence-electron chi connectivity index (χ3n) is 7.40. The number of halogens is 2. The van der Waals surface area contributed by atoms with Crippen LogP contribution in [0.2, 0.25) is 0 Å². The zero-order valence-electron chi connectivity index (χ0n) is 23.2. The van der Waals surface area contributed by atoms with Crippen LogP contribution in [0.3, 0.4) is 0 Å². The molecule has 0 aliphatic carbocycles. The number of nitrogens with zero attached hydrogens (tertiary/aromatic N) is 2. The second kappa shape index (κ2) is 10.3. The Bertz CT molecular complexity index is 1530. The molecule has 0 saturated carbocycles. The summed E-state index contributed by atoms with van der Waals surface area (Å²) in [5.41, 5.74) is 4.23. The van der Waals surface area contributed by atoms with Crippen molar-refractivity contribution in [3.05, 3.63) is 75.6 Å². The topological polar surface area (TPSA) is 89.0 Å². The largest absolute Gasteiger partial charge is 0.490 e. The molecule has 1 aromatic heterocycles. The van der Waals surface area contributed by atoms with Crippen molar-refractivity contribution in [2.75, 3.05) is 18.1 Å². The number of carbonyl (C=O) groups is 2. The molecule has 9 heteroatoms. The number of fused-ring (bicyclic) bond motifs is 2. The number of anilines is 1. The first-order chi connectivity index (χ1) is 18.9. The van der Waals surface area contributed by atoms with Gasteiger partial charge in [-0.05, 0) is 99.9 Å². The Morgan fingerprint density at radius 2 is 1.85 bits per heavy atom. The number of aliphatic carboxylic acids is 1. The standard InChI is InChI=1S/C31H32F2N2O5/c1-16-11-24-21(8-9-35(24)29(36)18-12-19(32)15-34-14-18)26(25(16)28(30(37)38)40-31(3,4)5)22-13-23(33)27-20(17(22)2)7-6-10-39-27/h11-15,28H,6-10H2,1-5H3,(H,37,38). The number of hydrogen-bond acceptors (Lipinski definition) is 5. The minimum absolute atomic E-state index is 0.101. The van der Waals surface area contributed by atoms with Gasteiger partial charge in [-0.25, -0.2) is 13.6 Å². The molecule has 2 aromatic carbocycles. The number of hydrogen-bond donors (Lipinski definition) is 1. The predicted molar refractivity (Wildman–Crippen MR) is 146 cm³/mol. The van der Waals surface area contributed by atoms with Gasteiger partial charge in [0.25, 0.3) is 5.91 Å². The Kier molecular flexibility index (Phi) is 7.12. The van der Waals surface area contributed by atoms with Crippen LogP contribution in [0.5, 0.6) is 5.75 Å². The lowest BCUT2D eigenvalue weighted by molar-refractivity contribution is -0.160. The van der Waals surface area contributed by atoms with Crippen molar-refractivity contribution in [2.24, 2.45) is 0 Å². The van der Waals surface area contributed by atoms with Crippen molar-refractivity contribution in [2.45, 2.75) is 65.6 Å². The van der Waals surface area contributed by atoms with Gasteiger partial charge in [-0.1, -0.05) is 0 Å². The van der Waals surface area contributed by atoms with Crippen molar-refractivity contribution in [3.63, 3.8) is 0 Å². The maximum Gasteiger partial charge on any atom is 0.337 e. The highest BCUT2D eigenvalue weighted by Gasteiger charge is 2.37. The van der Waals surface area contributed by atoms with Crippen LogP contribution < -0.4 is 9.64 Å². The molecule has 2 aliphatic heterocycles. The minimum atomic E-state index is -1.34. The van der Waals surface area contributed by atoms with Crippen LogP contribution in [0.15, 0.2) is 30.6 Å². The Hall–Kier alpha value is -3.85. The number of ether oxygens (including phenoxy) is 2. The van der Waals surface area contributed by atoms with Gasteiger partial charge in [0, 0.05) is 29.6 Å². The highest BCUT2D eigenvalue weighted by molar-refractivity contribution is 6.08. The van der Waals surface area contributed by atoms with Crippen LogP contribution in [0.4, 0.5) is 14.5 Å². The van der Waals surface area contributed by atoms with Gasteiger partial charge in [-0.2, -0.15) is 0 Å². The molecular formula is C31H32F2N2O5. The molecule has 3 heterocycles. The normalized spacial score (nSPS) is 15.3. The summed E-state index contributed by atoms with van der Waals surface area (Å²) < 4.78 is 41.1. The van der Waals surface area contributed by atoms with E-state index in [0.717, 1.165) is 29.8 Å². The van der Waals surface area contributed by atoms with Gasteiger partial charge in [0.05, 0.1) is 24.0 Å². The van der Waals surface area contributed by atoms with E-state index in [1.54, 1.807) is 38.7 Å². The predicted octanol–water partition coefficient (Wildman–Crippen LogP) is 6.11. The first kappa shape index (κ1) is 27.7. The average molecular weight is 551 g/mol. The number of aryl methyl sites for hydroxylation is 1. The fraction of sp³-hybridized carbons (Fsp3) is 0.387. The number of benzene rings is 2. The number of carbonyl (C=O) groups excluding carboxylic acids is 1. The zero-order valence-corrected chi connectivity index (χ0v) is 23.2. The van der Waals surface area contributed by atoms with E-state index in [0.29, 0.717) is 53.0 Å². The van der Waals surface area contributed by atoms with Gasteiger partial charge in [-0.3, -0.25) is 9.78 Å². The number of rotatable bonds is 5. The maximum atomic E-state index is 15.5. The number of pyridine rings is 1. The van der Waals surface area contributed by atoms with Crippen LogP contribution in [0, 0.1) is 25.5 Å². The van der Waals surface area contributed by atoms with Crippen molar-refractivity contribution >= 4 is 17.6 Å². The van der Waals surface area contributed by atoms with Crippen LogP contribution in [-0.4, -0.2) is 40.7 Å². The summed E-state index contributed by atoms with van der Waals surface area (Å²) in [6.07, 6.45) is 2.77. The van der Waals surface area contributed by atoms with E-state index in [1.807, 2.05) is 6.92 Å². The lowest BCUT2D eigenvalue weighted by Gasteiger charge is -2.30. The number of amides is 1. The fourth-order valence-electron chi connectivity index (χ4n) is 5.74. The highest BCUT2D eigenvalue weighted by Crippen LogP contribution is 2.47. The summed E-state index contributed by atoms with van der Waals surface area (Å²) in [5.74, 6) is -2.50. The lowest BCUT2D eigenvalue weighted by Crippen LogP contribution is -2.30. The highest BCUT2D eigenvalue weighted by atomic mass is 19.1. The number of carboxylic acid groups (broad SMARTS) is 1. The molecule has 210 valence electrons. The van der Waals surface area contributed by atoms with E-state index < -0.39 is 35.2 Å². The molecule has 0 fully saturated rings. The van der Waals surface area contributed by atoms with E-state index in [4.69, 9.17) is 9.47 Å². The fourth-order valence-corrected chi connectivity index (χ4v) is 5.74. The minimum Gasteiger partial charge on any atom is -0.490 e. The second-order valence-corrected chi connectivity index (χ2v) is 11.3. The van der Waals surface area contributed by atoms with Gasteiger partial charge in [0.15, 0.2) is 17.7 Å². The second-order valence-electron chi connectivity index (χ2n) is 11.3. The molecule has 0 saturated heterocycles. The SMILES string of the molecule is Cc1cc2c(c(-c3cc(F)c4c(c3C)CCCO4)c1C(OC(C)(C)C)C(=O)O)CCN2C(=O)c1cncc(F)c1. The van der Waals surface area contributed by atoms with E-state index in [9.17, 15) is 19.1 Å². The van der Waals surface area contributed by atoms with Crippen molar-refractivity contribution in [1.82, 2.24) is 4.98 Å². The Labute approximate surface area is 231 Å². The molecular weight excluding hydrogens is 518 g/mol. The molecule has 1 unspecified atom stereocenters. The summed E-state index contributed by atoms with van der Waals surface area (Å²) in [6, 6.07) is 4.30. The number of aromatic nitrogens is 1. The summed E-state index contributed by atoms with van der Waals surface area (Å²) in [4.78, 5) is 31.5. The summed E-state index contributed by atoms with van der Waals surface area (Å²) in [5, 5.41) is 10.3. The Balaban J connectivity index is 1.78. The molecule has 2 aliphatic rings. The molecule has 0 bridgehead atoms. The molecule has 0 spiro atoms. The molecule has 40 heavy (non-hydrogen) atoms. The Morgan fingerprint density at radius 3 is 2.52 bits per heavy atom. The first-order valence-electron chi connectivity index (χ1n) is 13.3. The quantitative estimate of drug-likeness (QED) is 0.412. The van der Waals surface area contributed by atoms with E-state index in [-0.39, 0.29) is 17.9 Å². The molecule has 5 rings (SSSR count). The van der Waals surface area contributed by atoms with Crippen LogP contribution in [-0.2, 0) is 22.4 Å². The average Bonchev–Trinajstić information content (AvgIpc) is 3.31. The maximum absolute atomic E-state index is 15.5. The van der Waals surface area contributed by atoms with Gasteiger partial charge < -0.3 is 19.5 Å². The summed E-state index contributed by atoms with van der Waals surface area (Å²) in [6.45, 7) is 9.70. The van der Waals surface area contributed by atoms with E-state index >= 15 is 4.39 Å². The van der Waals surface area contributed by atoms with Gasteiger partial charge in [-0.15, -0.1) is 0 Å². The van der Waals surface area contributed by atoms with Crippen molar-refractivity contribution in [3.8, 4) is 16.9 Å². The third kappa shape index (κ3) is 4.94. The molecule has 7 nitrogen and oxygen atoms in total. The Morgan fingerprint density at radius 1 is 1.10 bits per heavy atom. The number of carboxylic acids is 1. The van der Waals surface area contributed by atoms with Crippen molar-refractivity contribution in [1.29, 1.82) is 0 Å². The summed E-state index contributed by atoms with van der Waals surface area (Å²) in [7, 11) is 0. The van der Waals surface area contributed by atoms with Crippen LogP contribution in [0.25, 0.3) is 11.1 Å². The molecule has 1 amide bonds. The smallest absolute Gasteiger partial charge is 0.337 e. The first-order valence-corrected chi connectivity index (χ1v) is 13.3. The monoisotopic (exact) mass is 550 g/mol. The van der Waals surface area contributed by atoms with Crippen LogP contribution >= 0.6 is 0 Å². The molecule has 1 N–H and O–H groups in total. The van der Waals surface area contributed by atoms with E-state index in [1.165, 1.54) is 12.3 Å². The third-order valence-corrected chi connectivity index (χ3v) is 7.40. The summed E-state index contributed by atoms with van der Waals surface area (Å²) >= 11 is 0. The van der Waals surface area contributed by atoms with Gasteiger partial charge in [0.2, 0.25) is 0 Å². The van der Waals surface area contributed by atoms with E-state index in [2.05, 4.69) is 4.98 Å². The zero-order chi connectivity index (χ0) is 28.9. The van der Waals surface area contributed by atoms with Gasteiger partial charge >= 0.3 is 5.97 Å². The van der Waals surface area contributed by atoms with Crippen molar-refractivity contribution < 1.29 is 33.0 Å².